The van der Waals surface area contributed by atoms with E-state index in [9.17, 15) is 4.79 Å². The van der Waals surface area contributed by atoms with E-state index in [1.54, 1.807) is 37.5 Å². The van der Waals surface area contributed by atoms with Crippen LogP contribution < -0.4 is 20.1 Å². The first-order valence-corrected chi connectivity index (χ1v) is 13.1. The lowest BCUT2D eigenvalue weighted by atomic mass is 9.92. The van der Waals surface area contributed by atoms with Gasteiger partial charge in [-0.3, -0.25) is 4.79 Å². The van der Waals surface area contributed by atoms with Crippen LogP contribution in [0.4, 0.5) is 5.82 Å². The predicted octanol–water partition coefficient (Wildman–Crippen LogP) is 4.78. The van der Waals surface area contributed by atoms with E-state index in [1.165, 1.54) is 6.21 Å². The Morgan fingerprint density at radius 1 is 1.13 bits per heavy atom. The molecule has 3 heterocycles. The van der Waals surface area contributed by atoms with Crippen molar-refractivity contribution in [1.82, 2.24) is 15.3 Å². The van der Waals surface area contributed by atoms with Crippen LogP contribution in [0.25, 0.3) is 5.57 Å². The molecule has 0 radical (unpaired) electrons. The number of hydrogen-bond acceptors (Lipinski definition) is 8. The number of anilines is 1. The Balaban J connectivity index is 1.31. The molecular weight excluding hydrogens is 494 g/mol. The number of carbonyl (C=O) groups is 1. The highest BCUT2D eigenvalue weighted by Gasteiger charge is 2.36. The molecule has 3 aromatic rings. The van der Waals surface area contributed by atoms with Gasteiger partial charge in [-0.2, -0.15) is 4.98 Å². The van der Waals surface area contributed by atoms with Crippen molar-refractivity contribution in [3.05, 3.63) is 83.2 Å². The van der Waals surface area contributed by atoms with Crippen molar-refractivity contribution in [2.45, 2.75) is 57.5 Å². The molecule has 1 fully saturated rings. The quantitative estimate of drug-likeness (QED) is 0.325. The number of ether oxygens (including phenoxy) is 3. The summed E-state index contributed by atoms with van der Waals surface area (Å²) >= 11 is 0. The molecule has 0 spiro atoms. The molecule has 9 heteroatoms. The number of aromatic nitrogens is 2. The van der Waals surface area contributed by atoms with Crippen LogP contribution in [0, 0.1) is 5.41 Å². The normalized spacial score (nSPS) is 19.3. The molecule has 3 N–H and O–H groups in total. The van der Waals surface area contributed by atoms with Crippen LogP contribution in [0.1, 0.15) is 53.9 Å². The van der Waals surface area contributed by atoms with Crippen molar-refractivity contribution < 1.29 is 19.0 Å². The number of nitrogens with zero attached hydrogens (tertiary/aromatic N) is 2. The van der Waals surface area contributed by atoms with Crippen molar-refractivity contribution in [2.75, 3.05) is 12.4 Å². The van der Waals surface area contributed by atoms with Crippen molar-refractivity contribution in [1.29, 1.82) is 5.41 Å². The fraction of sp³-hybridized carbons (Fsp3) is 0.333. The summed E-state index contributed by atoms with van der Waals surface area (Å²) in [5, 5.41) is 13.4. The Bertz CT molecular complexity index is 1380. The average molecular weight is 528 g/mol. The maximum absolute atomic E-state index is 13.5. The smallest absolute Gasteiger partial charge is 0.262 e. The van der Waals surface area contributed by atoms with Crippen molar-refractivity contribution in [3.63, 3.8) is 0 Å². The first-order valence-electron chi connectivity index (χ1n) is 13.1. The van der Waals surface area contributed by atoms with Crippen LogP contribution in [0.15, 0.2) is 60.8 Å². The van der Waals surface area contributed by atoms with Crippen molar-refractivity contribution in [2.24, 2.45) is 0 Å². The lowest BCUT2D eigenvalue weighted by Gasteiger charge is -2.35. The number of hydrogen-bond donors (Lipinski definition) is 3. The highest BCUT2D eigenvalue weighted by molar-refractivity contribution is 6.08. The minimum absolute atomic E-state index is 0.0951. The zero-order chi connectivity index (χ0) is 27.4. The van der Waals surface area contributed by atoms with Gasteiger partial charge in [0, 0.05) is 49.9 Å². The Labute approximate surface area is 228 Å². The van der Waals surface area contributed by atoms with Crippen LogP contribution in [-0.4, -0.2) is 46.9 Å². The molecule has 5 rings (SSSR count). The summed E-state index contributed by atoms with van der Waals surface area (Å²) in [6, 6.07) is 17.1. The highest BCUT2D eigenvalue weighted by Crippen LogP contribution is 2.38. The highest BCUT2D eigenvalue weighted by atomic mass is 16.5. The number of fused-ring (bicyclic) bond motifs is 1. The molecule has 2 aromatic heterocycles. The number of amides is 1. The third-order valence-corrected chi connectivity index (χ3v) is 6.66. The fourth-order valence-electron chi connectivity index (χ4n) is 4.64. The second-order valence-corrected chi connectivity index (χ2v) is 10.4. The van der Waals surface area contributed by atoms with Gasteiger partial charge in [0.2, 0.25) is 11.8 Å². The Kier molecular flexibility index (Phi) is 7.60. The van der Waals surface area contributed by atoms with E-state index in [2.05, 4.69) is 20.6 Å². The van der Waals surface area contributed by atoms with Crippen molar-refractivity contribution in [3.8, 4) is 11.8 Å². The summed E-state index contributed by atoms with van der Waals surface area (Å²) in [4.78, 5) is 22.6. The molecule has 1 aromatic carbocycles. The van der Waals surface area contributed by atoms with Gasteiger partial charge < -0.3 is 30.3 Å². The largest absolute Gasteiger partial charge is 0.473 e. The molecule has 0 bridgehead atoms. The van der Waals surface area contributed by atoms with E-state index in [0.717, 1.165) is 11.1 Å². The van der Waals surface area contributed by atoms with Crippen LogP contribution in [0.5, 0.6) is 11.8 Å². The van der Waals surface area contributed by atoms with E-state index < -0.39 is 5.60 Å². The van der Waals surface area contributed by atoms with Crippen molar-refractivity contribution >= 4 is 23.5 Å². The summed E-state index contributed by atoms with van der Waals surface area (Å²) < 4.78 is 18.3. The third-order valence-electron chi connectivity index (χ3n) is 6.66. The molecule has 0 saturated heterocycles. The molecule has 1 aliphatic heterocycles. The van der Waals surface area contributed by atoms with Gasteiger partial charge in [-0.15, -0.1) is 0 Å². The topological polar surface area (TPSA) is 118 Å². The van der Waals surface area contributed by atoms with Gasteiger partial charge in [0.25, 0.3) is 5.91 Å². The van der Waals surface area contributed by atoms with Gasteiger partial charge in [-0.25, -0.2) is 4.98 Å². The number of pyridine rings is 2. The van der Waals surface area contributed by atoms with Gasteiger partial charge in [0.05, 0.1) is 18.4 Å². The first kappa shape index (κ1) is 26.4. The van der Waals surface area contributed by atoms with Crippen LogP contribution >= 0.6 is 0 Å². The predicted molar refractivity (Wildman–Crippen MR) is 149 cm³/mol. The monoisotopic (exact) mass is 527 g/mol. The Morgan fingerprint density at radius 3 is 2.67 bits per heavy atom. The summed E-state index contributed by atoms with van der Waals surface area (Å²) in [6.45, 7) is 4.54. The maximum Gasteiger partial charge on any atom is 0.262 e. The van der Waals surface area contributed by atoms with E-state index in [-0.39, 0.29) is 24.0 Å². The minimum atomic E-state index is -0.409. The molecule has 1 aliphatic carbocycles. The van der Waals surface area contributed by atoms with Gasteiger partial charge in [-0.05, 0) is 37.6 Å². The molecule has 9 nitrogen and oxygen atoms in total. The zero-order valence-corrected chi connectivity index (χ0v) is 22.4. The van der Waals surface area contributed by atoms with Crippen LogP contribution in [0.2, 0.25) is 0 Å². The second kappa shape index (κ2) is 11.2. The molecular formula is C30H33N5O4. The molecule has 1 saturated carbocycles. The first-order chi connectivity index (χ1) is 18.8. The summed E-state index contributed by atoms with van der Waals surface area (Å²) in [6.07, 6.45) is 4.94. The molecule has 1 amide bonds. The van der Waals surface area contributed by atoms with E-state index in [0.29, 0.717) is 54.4 Å². The van der Waals surface area contributed by atoms with E-state index >= 15 is 0 Å². The van der Waals surface area contributed by atoms with Crippen LogP contribution in [-0.2, 0) is 17.8 Å². The number of nitrogens with one attached hydrogen (secondary N) is 3. The van der Waals surface area contributed by atoms with Crippen LogP contribution in [0.3, 0.4) is 0 Å². The maximum atomic E-state index is 13.5. The van der Waals surface area contributed by atoms with Gasteiger partial charge in [0.1, 0.15) is 23.1 Å². The molecule has 202 valence electrons. The second-order valence-electron chi connectivity index (χ2n) is 10.4. The lowest BCUT2D eigenvalue weighted by Crippen LogP contribution is -2.40. The fourth-order valence-corrected chi connectivity index (χ4v) is 4.64. The zero-order valence-electron chi connectivity index (χ0n) is 22.4. The van der Waals surface area contributed by atoms with Gasteiger partial charge in [0.15, 0.2) is 0 Å². The van der Waals surface area contributed by atoms with E-state index in [4.69, 9.17) is 19.6 Å². The van der Waals surface area contributed by atoms with E-state index in [1.807, 2.05) is 44.2 Å². The summed E-state index contributed by atoms with van der Waals surface area (Å²) in [5.74, 6) is 0.722. The Morgan fingerprint density at radius 2 is 1.92 bits per heavy atom. The summed E-state index contributed by atoms with van der Waals surface area (Å²) in [7, 11) is 1.75. The molecule has 39 heavy (non-hydrogen) atoms. The Hall–Kier alpha value is -4.24. The number of allylic oxidation sites excluding steroid dienone is 1. The number of benzene rings is 1. The SMILES string of the molecule is CN/C=C(\C=N)c1cccc(NC(=O)c2cc3c(nc2OC2CC(OCc4ccccc4)C2)OC(C)(C)C3)n1. The minimum Gasteiger partial charge on any atom is -0.473 e. The van der Waals surface area contributed by atoms with Gasteiger partial charge in [-0.1, -0.05) is 36.4 Å². The third kappa shape index (κ3) is 6.26. The molecule has 0 unspecified atom stereocenters. The average Bonchev–Trinajstić information content (AvgIpc) is 3.21. The standard InChI is InChI=1S/C30H33N5O4/c1-30(2)15-20-12-24(27(36)34-26-11-7-10-25(33-26)21(16-31)17-32-3)29(35-28(20)39-30)38-23-13-22(14-23)37-18-19-8-5-4-6-9-19/h4-12,16-17,22-23,31-32H,13-15,18H2,1-3H3,(H,33,34,36)/b21-17+,31-16?. The molecule has 0 atom stereocenters. The molecule has 2 aliphatic rings. The summed E-state index contributed by atoms with van der Waals surface area (Å²) in [5.41, 5.74) is 3.06. The number of rotatable bonds is 10. The lowest BCUT2D eigenvalue weighted by molar-refractivity contribution is -0.0697. The van der Waals surface area contributed by atoms with Gasteiger partial charge >= 0.3 is 0 Å². The number of carbonyl (C=O) groups excluding carboxylic acids is 1.